The van der Waals surface area contributed by atoms with Crippen LogP contribution < -0.4 is 4.74 Å². The van der Waals surface area contributed by atoms with Crippen LogP contribution in [0.15, 0.2) is 84.9 Å². The van der Waals surface area contributed by atoms with Crippen LogP contribution in [-0.4, -0.2) is 29.6 Å². The second-order valence-electron chi connectivity index (χ2n) is 8.78. The standard InChI is InChI=1S/C27H29NO2/c29-27(23-11-13-25(14-12-23)30-24-9-5-2-6-10-24)15-17-28(18-16-27)20-22-19-26(22)21-7-3-1-4-8-21/h1-14,22,26,29H,15-20H2/t22-,26-/m0/s1. The first-order valence-corrected chi connectivity index (χ1v) is 11.0. The van der Waals surface area contributed by atoms with Gasteiger partial charge in [0.25, 0.3) is 0 Å². The topological polar surface area (TPSA) is 32.7 Å². The van der Waals surface area contributed by atoms with Crippen molar-refractivity contribution in [1.29, 1.82) is 0 Å². The predicted molar refractivity (Wildman–Crippen MR) is 120 cm³/mol. The monoisotopic (exact) mass is 399 g/mol. The van der Waals surface area contributed by atoms with Gasteiger partial charge in [-0.3, -0.25) is 0 Å². The maximum Gasteiger partial charge on any atom is 0.127 e. The molecule has 3 aromatic rings. The van der Waals surface area contributed by atoms with Crippen LogP contribution in [0.2, 0.25) is 0 Å². The summed E-state index contributed by atoms with van der Waals surface area (Å²) in [6, 6.07) is 28.6. The number of nitrogens with zero attached hydrogens (tertiary/aromatic N) is 1. The summed E-state index contributed by atoms with van der Waals surface area (Å²) in [6.07, 6.45) is 2.87. The van der Waals surface area contributed by atoms with E-state index in [9.17, 15) is 5.11 Å². The molecule has 0 spiro atoms. The molecule has 3 heteroatoms. The average Bonchev–Trinajstić information content (AvgIpc) is 3.56. The Bertz CT molecular complexity index is 947. The Morgan fingerprint density at radius 3 is 2.07 bits per heavy atom. The number of hydrogen-bond donors (Lipinski definition) is 1. The van der Waals surface area contributed by atoms with Gasteiger partial charge in [-0.25, -0.2) is 0 Å². The van der Waals surface area contributed by atoms with E-state index in [4.69, 9.17) is 4.74 Å². The fourth-order valence-corrected chi connectivity index (χ4v) is 4.74. The van der Waals surface area contributed by atoms with E-state index in [1.165, 1.54) is 12.0 Å². The summed E-state index contributed by atoms with van der Waals surface area (Å²) in [5.74, 6) is 3.12. The first kappa shape index (κ1) is 19.3. The van der Waals surface area contributed by atoms with Crippen molar-refractivity contribution in [3.8, 4) is 11.5 Å². The summed E-state index contributed by atoms with van der Waals surface area (Å²) in [5, 5.41) is 11.3. The van der Waals surface area contributed by atoms with Gasteiger partial charge in [-0.15, -0.1) is 0 Å². The summed E-state index contributed by atoms with van der Waals surface area (Å²) in [6.45, 7) is 3.06. The number of piperidine rings is 1. The maximum absolute atomic E-state index is 11.3. The van der Waals surface area contributed by atoms with E-state index in [0.717, 1.165) is 61.4 Å². The third-order valence-corrected chi connectivity index (χ3v) is 6.70. The highest BCUT2D eigenvalue weighted by Gasteiger charge is 2.41. The van der Waals surface area contributed by atoms with Crippen LogP contribution in [0.4, 0.5) is 0 Å². The zero-order valence-electron chi connectivity index (χ0n) is 17.3. The normalized spacial score (nSPS) is 23.1. The lowest BCUT2D eigenvalue weighted by Crippen LogP contribution is -2.43. The quantitative estimate of drug-likeness (QED) is 0.588. The SMILES string of the molecule is OC1(c2ccc(Oc3ccccc3)cc2)CCN(C[C@@H]2C[C@H]2c2ccccc2)CC1. The molecule has 3 nitrogen and oxygen atoms in total. The van der Waals surface area contributed by atoms with Crippen molar-refractivity contribution < 1.29 is 9.84 Å². The van der Waals surface area contributed by atoms with Gasteiger partial charge in [-0.05, 0) is 66.5 Å². The lowest BCUT2D eigenvalue weighted by atomic mass is 9.84. The highest BCUT2D eigenvalue weighted by molar-refractivity contribution is 5.35. The van der Waals surface area contributed by atoms with Gasteiger partial charge in [0.2, 0.25) is 0 Å². The van der Waals surface area contributed by atoms with Crippen molar-refractivity contribution in [3.05, 3.63) is 96.1 Å². The molecule has 0 unspecified atom stereocenters. The van der Waals surface area contributed by atoms with Crippen molar-refractivity contribution in [2.24, 2.45) is 5.92 Å². The molecule has 0 amide bonds. The summed E-state index contributed by atoms with van der Waals surface area (Å²) in [7, 11) is 0. The molecule has 3 aromatic carbocycles. The molecule has 1 saturated heterocycles. The minimum absolute atomic E-state index is 0.726. The molecule has 2 fully saturated rings. The number of likely N-dealkylation sites (tertiary alicyclic amines) is 1. The van der Waals surface area contributed by atoms with Gasteiger partial charge < -0.3 is 14.7 Å². The average molecular weight is 400 g/mol. The van der Waals surface area contributed by atoms with E-state index in [1.807, 2.05) is 54.6 Å². The molecule has 2 aliphatic rings. The molecule has 1 aliphatic carbocycles. The predicted octanol–water partition coefficient (Wildman–Crippen LogP) is 5.57. The van der Waals surface area contributed by atoms with Gasteiger partial charge >= 0.3 is 0 Å². The number of rotatable bonds is 6. The van der Waals surface area contributed by atoms with E-state index in [2.05, 4.69) is 35.2 Å². The molecule has 2 atom stereocenters. The van der Waals surface area contributed by atoms with Crippen molar-refractivity contribution in [1.82, 2.24) is 4.90 Å². The molecule has 1 N–H and O–H groups in total. The summed E-state index contributed by atoms with van der Waals surface area (Å²) in [4.78, 5) is 2.54. The van der Waals surface area contributed by atoms with Gasteiger partial charge in [0.05, 0.1) is 5.60 Å². The van der Waals surface area contributed by atoms with Crippen LogP contribution in [0.5, 0.6) is 11.5 Å². The fourth-order valence-electron chi connectivity index (χ4n) is 4.74. The molecule has 1 aliphatic heterocycles. The van der Waals surface area contributed by atoms with Crippen molar-refractivity contribution >= 4 is 0 Å². The second-order valence-corrected chi connectivity index (χ2v) is 8.78. The van der Waals surface area contributed by atoms with Crippen molar-refractivity contribution in [2.45, 2.75) is 30.8 Å². The molecule has 30 heavy (non-hydrogen) atoms. The third kappa shape index (κ3) is 4.28. The van der Waals surface area contributed by atoms with E-state index in [1.54, 1.807) is 0 Å². The number of ether oxygens (including phenoxy) is 1. The Balaban J connectivity index is 1.15. The van der Waals surface area contributed by atoms with Crippen LogP contribution in [0, 0.1) is 5.92 Å². The Labute approximate surface area is 178 Å². The molecule has 0 aromatic heterocycles. The molecular weight excluding hydrogens is 370 g/mol. The van der Waals surface area contributed by atoms with E-state index >= 15 is 0 Å². The lowest BCUT2D eigenvalue weighted by molar-refractivity contribution is -0.0268. The van der Waals surface area contributed by atoms with Crippen LogP contribution in [0.1, 0.15) is 36.3 Å². The zero-order chi connectivity index (χ0) is 20.4. The van der Waals surface area contributed by atoms with E-state index < -0.39 is 5.60 Å². The second kappa shape index (κ2) is 8.25. The van der Waals surface area contributed by atoms with Crippen molar-refractivity contribution in [2.75, 3.05) is 19.6 Å². The Hall–Kier alpha value is -2.62. The van der Waals surface area contributed by atoms with Gasteiger partial charge in [0, 0.05) is 19.6 Å². The van der Waals surface area contributed by atoms with Crippen LogP contribution in [0.3, 0.4) is 0 Å². The van der Waals surface area contributed by atoms with Gasteiger partial charge in [0.15, 0.2) is 0 Å². The first-order chi connectivity index (χ1) is 14.7. The van der Waals surface area contributed by atoms with Gasteiger partial charge in [-0.2, -0.15) is 0 Å². The smallest absolute Gasteiger partial charge is 0.127 e. The zero-order valence-corrected chi connectivity index (χ0v) is 17.3. The maximum atomic E-state index is 11.3. The Morgan fingerprint density at radius 2 is 1.40 bits per heavy atom. The number of benzene rings is 3. The Kier molecular flexibility index (Phi) is 5.32. The van der Waals surface area contributed by atoms with Crippen LogP contribution in [-0.2, 0) is 5.60 Å². The number of para-hydroxylation sites is 1. The summed E-state index contributed by atoms with van der Waals surface area (Å²) < 4.78 is 5.88. The fraction of sp³-hybridized carbons (Fsp3) is 0.333. The number of hydrogen-bond acceptors (Lipinski definition) is 3. The van der Waals surface area contributed by atoms with E-state index in [0.29, 0.717) is 0 Å². The van der Waals surface area contributed by atoms with Gasteiger partial charge in [-0.1, -0.05) is 60.7 Å². The molecular formula is C27H29NO2. The van der Waals surface area contributed by atoms with Crippen LogP contribution >= 0.6 is 0 Å². The largest absolute Gasteiger partial charge is 0.457 e. The molecule has 1 heterocycles. The van der Waals surface area contributed by atoms with Crippen LogP contribution in [0.25, 0.3) is 0 Å². The first-order valence-electron chi connectivity index (χ1n) is 11.0. The molecule has 5 rings (SSSR count). The van der Waals surface area contributed by atoms with Gasteiger partial charge in [0.1, 0.15) is 11.5 Å². The highest BCUT2D eigenvalue weighted by atomic mass is 16.5. The molecule has 1 saturated carbocycles. The molecule has 0 bridgehead atoms. The molecule has 154 valence electrons. The third-order valence-electron chi connectivity index (χ3n) is 6.70. The highest BCUT2D eigenvalue weighted by Crippen LogP contribution is 2.48. The summed E-state index contributed by atoms with van der Waals surface area (Å²) >= 11 is 0. The molecule has 0 radical (unpaired) electrons. The minimum atomic E-state index is -0.732. The van der Waals surface area contributed by atoms with E-state index in [-0.39, 0.29) is 0 Å². The lowest BCUT2D eigenvalue weighted by Gasteiger charge is -2.38. The van der Waals surface area contributed by atoms with Crippen molar-refractivity contribution in [3.63, 3.8) is 0 Å². The minimum Gasteiger partial charge on any atom is -0.457 e. The Morgan fingerprint density at radius 1 is 0.800 bits per heavy atom. The summed E-state index contributed by atoms with van der Waals surface area (Å²) in [5.41, 5.74) is 1.74. The number of aliphatic hydroxyl groups is 1.